The van der Waals surface area contributed by atoms with Crippen LogP contribution in [0.25, 0.3) is 0 Å². The molecule has 2 aromatic carbocycles. The van der Waals surface area contributed by atoms with E-state index in [1.165, 1.54) is 5.01 Å². The summed E-state index contributed by atoms with van der Waals surface area (Å²) in [5, 5.41) is 14.5. The average molecular weight is 364 g/mol. The number of para-hydroxylation sites is 1. The number of aliphatic hydroxyl groups is 1. The Labute approximate surface area is 156 Å². The Balaban J connectivity index is 1.55. The summed E-state index contributed by atoms with van der Waals surface area (Å²) in [5.74, 6) is -0.664. The zero-order valence-corrected chi connectivity index (χ0v) is 14.8. The van der Waals surface area contributed by atoms with Crippen molar-refractivity contribution in [3.63, 3.8) is 0 Å². The van der Waals surface area contributed by atoms with Gasteiger partial charge in [-0.05, 0) is 30.2 Å². The number of amides is 2. The van der Waals surface area contributed by atoms with Crippen LogP contribution in [0.15, 0.2) is 59.6 Å². The van der Waals surface area contributed by atoms with Gasteiger partial charge in [-0.15, -0.1) is 0 Å². The lowest BCUT2D eigenvalue weighted by Crippen LogP contribution is -2.58. The molecular formula is C20H20N4O3. The second kappa shape index (κ2) is 6.85. The van der Waals surface area contributed by atoms with Gasteiger partial charge in [0.1, 0.15) is 6.04 Å². The molecule has 0 aromatic heterocycles. The predicted octanol–water partition coefficient (Wildman–Crippen LogP) is 1.10. The Morgan fingerprint density at radius 2 is 1.89 bits per heavy atom. The second-order valence-corrected chi connectivity index (χ2v) is 6.70. The normalized spacial score (nSPS) is 24.1. The number of fused-ring (bicyclic) bond motifs is 1. The lowest BCUT2D eigenvalue weighted by molar-refractivity contribution is -0.120. The van der Waals surface area contributed by atoms with Gasteiger partial charge >= 0.3 is 0 Å². The molecule has 0 fully saturated rings. The summed E-state index contributed by atoms with van der Waals surface area (Å²) in [6, 6.07) is 15.5. The number of nitrogens with one attached hydrogen (secondary N) is 2. The minimum atomic E-state index is -0.695. The van der Waals surface area contributed by atoms with E-state index in [1.54, 1.807) is 19.1 Å². The quantitative estimate of drug-likeness (QED) is 0.760. The molecule has 2 aliphatic rings. The average Bonchev–Trinajstić information content (AvgIpc) is 3.00. The molecule has 3 N–H and O–H groups in total. The number of carbonyl (C=O) groups is 2. The molecule has 0 saturated heterocycles. The molecular weight excluding hydrogens is 344 g/mol. The highest BCUT2D eigenvalue weighted by molar-refractivity contribution is 6.39. The number of benzene rings is 2. The monoisotopic (exact) mass is 364 g/mol. The number of hydrogen-bond donors (Lipinski definition) is 3. The lowest BCUT2D eigenvalue weighted by atomic mass is 10.1. The highest BCUT2D eigenvalue weighted by Crippen LogP contribution is 2.31. The van der Waals surface area contributed by atoms with E-state index in [0.717, 1.165) is 11.1 Å². The summed E-state index contributed by atoms with van der Waals surface area (Å²) in [4.78, 5) is 29.4. The van der Waals surface area contributed by atoms with Crippen molar-refractivity contribution < 1.29 is 14.7 Å². The predicted molar refractivity (Wildman–Crippen MR) is 101 cm³/mol. The molecule has 1 heterocycles. The molecule has 0 radical (unpaired) electrons. The molecule has 2 aromatic rings. The standard InChI is InChI=1S/C20H20N4O3/c1-12-20(27)24(14-8-3-2-4-9-14)23-18(21-12)19(26)22-17-15-10-6-5-7-13(15)11-16(17)25/h2-10,12,16-17,25H,11H2,1H3,(H,21,23)(H,22,26)/t12?,16-,17+/m0/s1. The summed E-state index contributed by atoms with van der Waals surface area (Å²) >= 11 is 0. The van der Waals surface area contributed by atoms with Crippen molar-refractivity contribution in [1.29, 1.82) is 0 Å². The first-order chi connectivity index (χ1) is 13.0. The van der Waals surface area contributed by atoms with Gasteiger partial charge in [-0.2, -0.15) is 0 Å². The zero-order valence-electron chi connectivity index (χ0n) is 14.8. The summed E-state index contributed by atoms with van der Waals surface area (Å²) in [6.45, 7) is 1.64. The number of nitrogens with zero attached hydrogens (tertiary/aromatic N) is 2. The SMILES string of the molecule is CC1N=C(C(=O)N[C@@H]2c3ccccc3C[C@@H]2O)NN(c2ccccc2)C1=O. The fraction of sp³-hybridized carbons (Fsp3) is 0.250. The number of anilines is 1. The third-order valence-electron chi connectivity index (χ3n) is 4.84. The fourth-order valence-electron chi connectivity index (χ4n) is 3.46. The smallest absolute Gasteiger partial charge is 0.288 e. The third kappa shape index (κ3) is 3.17. The van der Waals surface area contributed by atoms with Crippen LogP contribution in [0, 0.1) is 0 Å². The largest absolute Gasteiger partial charge is 0.390 e. The van der Waals surface area contributed by atoms with E-state index >= 15 is 0 Å². The molecule has 1 aliphatic carbocycles. The van der Waals surface area contributed by atoms with Gasteiger partial charge in [0, 0.05) is 6.42 Å². The van der Waals surface area contributed by atoms with Gasteiger partial charge in [0.2, 0.25) is 5.84 Å². The second-order valence-electron chi connectivity index (χ2n) is 6.70. The minimum Gasteiger partial charge on any atom is -0.390 e. The number of carbonyl (C=O) groups excluding carboxylic acids is 2. The first-order valence-electron chi connectivity index (χ1n) is 8.85. The molecule has 0 bridgehead atoms. The Hall–Kier alpha value is -3.19. The first kappa shape index (κ1) is 17.2. The number of hydrogen-bond acceptors (Lipinski definition) is 5. The molecule has 27 heavy (non-hydrogen) atoms. The number of hydrazine groups is 1. The van der Waals surface area contributed by atoms with Crippen molar-refractivity contribution in [2.45, 2.75) is 31.5 Å². The molecule has 1 aliphatic heterocycles. The van der Waals surface area contributed by atoms with Crippen LogP contribution in [0.1, 0.15) is 24.1 Å². The molecule has 0 saturated carbocycles. The van der Waals surface area contributed by atoms with Crippen molar-refractivity contribution in [2.24, 2.45) is 4.99 Å². The van der Waals surface area contributed by atoms with E-state index < -0.39 is 24.1 Å². The van der Waals surface area contributed by atoms with Gasteiger partial charge in [0.05, 0.1) is 17.8 Å². The summed E-state index contributed by atoms with van der Waals surface area (Å²) < 4.78 is 0. The number of aliphatic imine (C=N–C) groups is 1. The van der Waals surface area contributed by atoms with Crippen molar-refractivity contribution in [2.75, 3.05) is 5.01 Å². The minimum absolute atomic E-state index is 0.0440. The molecule has 1 unspecified atom stereocenters. The maximum atomic E-state index is 12.8. The van der Waals surface area contributed by atoms with E-state index in [9.17, 15) is 14.7 Å². The first-order valence-corrected chi connectivity index (χ1v) is 8.85. The Kier molecular flexibility index (Phi) is 4.37. The van der Waals surface area contributed by atoms with Crippen LogP contribution in [0.3, 0.4) is 0 Å². The summed E-state index contributed by atoms with van der Waals surface area (Å²) in [5.41, 5.74) is 5.35. The van der Waals surface area contributed by atoms with E-state index in [4.69, 9.17) is 0 Å². The molecule has 2 amide bonds. The van der Waals surface area contributed by atoms with Crippen molar-refractivity contribution in [3.8, 4) is 0 Å². The molecule has 7 heteroatoms. The van der Waals surface area contributed by atoms with Gasteiger partial charge < -0.3 is 10.4 Å². The maximum Gasteiger partial charge on any atom is 0.288 e. The van der Waals surface area contributed by atoms with Crippen molar-refractivity contribution in [1.82, 2.24) is 10.7 Å². The zero-order chi connectivity index (χ0) is 19.0. The molecule has 4 rings (SSSR count). The molecule has 138 valence electrons. The van der Waals surface area contributed by atoms with E-state index in [2.05, 4.69) is 15.7 Å². The van der Waals surface area contributed by atoms with Crippen LogP contribution in [0.5, 0.6) is 0 Å². The van der Waals surface area contributed by atoms with E-state index in [0.29, 0.717) is 12.1 Å². The highest BCUT2D eigenvalue weighted by Gasteiger charge is 2.35. The van der Waals surface area contributed by atoms with Gasteiger partial charge in [0.25, 0.3) is 11.8 Å². The van der Waals surface area contributed by atoms with Crippen LogP contribution in [0.2, 0.25) is 0 Å². The maximum absolute atomic E-state index is 12.8. The Morgan fingerprint density at radius 1 is 1.19 bits per heavy atom. The van der Waals surface area contributed by atoms with Crippen LogP contribution >= 0.6 is 0 Å². The number of rotatable bonds is 3. The Bertz CT molecular complexity index is 912. The van der Waals surface area contributed by atoms with Gasteiger partial charge in [-0.1, -0.05) is 42.5 Å². The number of aliphatic hydroxyl groups excluding tert-OH is 1. The van der Waals surface area contributed by atoms with Crippen LogP contribution in [0.4, 0.5) is 5.69 Å². The fourth-order valence-corrected chi connectivity index (χ4v) is 3.46. The van der Waals surface area contributed by atoms with Crippen molar-refractivity contribution in [3.05, 3.63) is 65.7 Å². The topological polar surface area (TPSA) is 94.0 Å². The van der Waals surface area contributed by atoms with Crippen LogP contribution < -0.4 is 15.8 Å². The molecule has 7 nitrogen and oxygen atoms in total. The van der Waals surface area contributed by atoms with Gasteiger partial charge in [0.15, 0.2) is 0 Å². The molecule has 0 spiro atoms. The Morgan fingerprint density at radius 3 is 2.67 bits per heavy atom. The van der Waals surface area contributed by atoms with E-state index in [-0.39, 0.29) is 11.7 Å². The lowest BCUT2D eigenvalue weighted by Gasteiger charge is -2.31. The van der Waals surface area contributed by atoms with Gasteiger partial charge in [-0.3, -0.25) is 15.0 Å². The van der Waals surface area contributed by atoms with Gasteiger partial charge in [-0.25, -0.2) is 10.0 Å². The summed E-state index contributed by atoms with van der Waals surface area (Å²) in [6.07, 6.45) is -0.202. The highest BCUT2D eigenvalue weighted by atomic mass is 16.3. The summed E-state index contributed by atoms with van der Waals surface area (Å²) in [7, 11) is 0. The number of amidine groups is 1. The molecule has 3 atom stereocenters. The van der Waals surface area contributed by atoms with Crippen LogP contribution in [-0.4, -0.2) is 34.9 Å². The van der Waals surface area contributed by atoms with E-state index in [1.807, 2.05) is 42.5 Å². The van der Waals surface area contributed by atoms with Crippen molar-refractivity contribution >= 4 is 23.3 Å². The third-order valence-corrected chi connectivity index (χ3v) is 4.84. The van der Waals surface area contributed by atoms with Crippen LogP contribution in [-0.2, 0) is 16.0 Å².